The average Bonchev–Trinajstić information content (AvgIpc) is 2.57. The summed E-state index contributed by atoms with van der Waals surface area (Å²) in [4.78, 5) is 13.8. The van der Waals surface area contributed by atoms with E-state index in [4.69, 9.17) is 5.73 Å². The minimum atomic E-state index is -0.660. The first-order valence-corrected chi connectivity index (χ1v) is 5.70. The molecule has 1 saturated heterocycles. The fourth-order valence-corrected chi connectivity index (χ4v) is 2.01. The number of likely N-dealkylation sites (tertiary alicyclic amines) is 1. The molecule has 0 bridgehead atoms. The van der Waals surface area contributed by atoms with Gasteiger partial charge in [0.25, 0.3) is 5.91 Å². The van der Waals surface area contributed by atoms with Crippen LogP contribution in [-0.2, 0) is 7.05 Å². The van der Waals surface area contributed by atoms with E-state index in [1.807, 2.05) is 0 Å². The van der Waals surface area contributed by atoms with Crippen LogP contribution >= 0.6 is 0 Å². The Balaban J connectivity index is 2.09. The first-order chi connectivity index (χ1) is 7.89. The molecule has 1 aliphatic heterocycles. The molecule has 0 spiro atoms. The van der Waals surface area contributed by atoms with E-state index in [1.54, 1.807) is 25.1 Å². The summed E-state index contributed by atoms with van der Waals surface area (Å²) in [5.74, 6) is -0.154. The maximum Gasteiger partial charge on any atom is 0.276 e. The van der Waals surface area contributed by atoms with Crippen LogP contribution in [0.5, 0.6) is 0 Å². The van der Waals surface area contributed by atoms with Gasteiger partial charge >= 0.3 is 0 Å². The van der Waals surface area contributed by atoms with E-state index in [-0.39, 0.29) is 5.91 Å². The molecule has 3 N–H and O–H groups in total. The first kappa shape index (κ1) is 11.9. The lowest BCUT2D eigenvalue weighted by molar-refractivity contribution is -0.00217. The second-order valence-corrected chi connectivity index (χ2v) is 4.90. The summed E-state index contributed by atoms with van der Waals surface area (Å²) in [6.45, 7) is 2.88. The Morgan fingerprint density at radius 3 is 2.59 bits per heavy atom. The molecular weight excluding hydrogens is 220 g/mol. The molecule has 2 heterocycles. The third kappa shape index (κ3) is 2.41. The highest BCUT2D eigenvalue weighted by molar-refractivity contribution is 5.97. The van der Waals surface area contributed by atoms with Crippen molar-refractivity contribution >= 4 is 11.6 Å². The van der Waals surface area contributed by atoms with Gasteiger partial charge in [-0.05, 0) is 19.8 Å². The van der Waals surface area contributed by atoms with Gasteiger partial charge in [-0.25, -0.2) is 0 Å². The van der Waals surface area contributed by atoms with Crippen molar-refractivity contribution in [2.24, 2.45) is 7.05 Å². The van der Waals surface area contributed by atoms with Crippen molar-refractivity contribution in [2.75, 3.05) is 18.8 Å². The highest BCUT2D eigenvalue weighted by atomic mass is 16.3. The summed E-state index contributed by atoms with van der Waals surface area (Å²) in [6, 6.07) is 0. The molecule has 1 aromatic heterocycles. The second-order valence-electron chi connectivity index (χ2n) is 4.90. The highest BCUT2D eigenvalue weighted by Crippen LogP contribution is 2.23. The molecule has 0 atom stereocenters. The van der Waals surface area contributed by atoms with E-state index in [1.165, 1.54) is 4.68 Å². The van der Waals surface area contributed by atoms with Crippen molar-refractivity contribution in [3.63, 3.8) is 0 Å². The number of aromatic nitrogens is 2. The van der Waals surface area contributed by atoms with Crippen LogP contribution in [0.4, 0.5) is 5.69 Å². The summed E-state index contributed by atoms with van der Waals surface area (Å²) in [5, 5.41) is 13.9. The predicted octanol–water partition coefficient (Wildman–Crippen LogP) is -0.0107. The summed E-state index contributed by atoms with van der Waals surface area (Å²) in [7, 11) is 1.73. The Kier molecular flexibility index (Phi) is 2.82. The second kappa shape index (κ2) is 4.03. The monoisotopic (exact) mass is 238 g/mol. The molecule has 0 saturated carbocycles. The number of nitrogen functional groups attached to an aromatic ring is 1. The van der Waals surface area contributed by atoms with E-state index < -0.39 is 5.60 Å². The lowest BCUT2D eigenvalue weighted by Crippen LogP contribution is -2.45. The maximum absolute atomic E-state index is 12.1. The number of carbonyl (C=O) groups excluding carboxylic acids is 1. The Bertz CT molecular complexity index is 429. The van der Waals surface area contributed by atoms with Crippen molar-refractivity contribution in [1.82, 2.24) is 14.7 Å². The third-order valence-corrected chi connectivity index (χ3v) is 3.19. The molecule has 0 radical (unpaired) electrons. The van der Waals surface area contributed by atoms with Crippen LogP contribution in [0.1, 0.15) is 30.3 Å². The quantitative estimate of drug-likeness (QED) is 0.720. The zero-order valence-corrected chi connectivity index (χ0v) is 10.2. The number of aryl methyl sites for hydroxylation is 1. The van der Waals surface area contributed by atoms with Gasteiger partial charge in [0.1, 0.15) is 0 Å². The summed E-state index contributed by atoms with van der Waals surface area (Å²) in [5.41, 5.74) is 5.76. The van der Waals surface area contributed by atoms with Crippen LogP contribution in [-0.4, -0.2) is 44.4 Å². The molecule has 0 unspecified atom stereocenters. The zero-order valence-electron chi connectivity index (χ0n) is 10.2. The normalized spacial score (nSPS) is 19.4. The predicted molar refractivity (Wildman–Crippen MR) is 63.4 cm³/mol. The fraction of sp³-hybridized carbons (Fsp3) is 0.636. The van der Waals surface area contributed by atoms with Gasteiger partial charge in [0.2, 0.25) is 0 Å². The number of nitrogens with two attached hydrogens (primary N) is 1. The SMILES string of the molecule is Cn1cc(N)c(C(=O)N2CCC(C)(O)CC2)n1. The summed E-state index contributed by atoms with van der Waals surface area (Å²) >= 11 is 0. The van der Waals surface area contributed by atoms with E-state index in [0.29, 0.717) is 37.3 Å². The first-order valence-electron chi connectivity index (χ1n) is 5.70. The van der Waals surface area contributed by atoms with Crippen molar-refractivity contribution in [3.8, 4) is 0 Å². The fourth-order valence-electron chi connectivity index (χ4n) is 2.01. The molecule has 0 aliphatic carbocycles. The van der Waals surface area contributed by atoms with Gasteiger partial charge in [-0.15, -0.1) is 0 Å². The van der Waals surface area contributed by atoms with Crippen LogP contribution in [0.15, 0.2) is 6.20 Å². The third-order valence-electron chi connectivity index (χ3n) is 3.19. The number of hydrogen-bond donors (Lipinski definition) is 2. The summed E-state index contributed by atoms with van der Waals surface area (Å²) in [6.07, 6.45) is 2.80. The number of carbonyl (C=O) groups is 1. The molecule has 2 rings (SSSR count). The molecule has 6 heteroatoms. The Morgan fingerprint density at radius 1 is 1.53 bits per heavy atom. The number of anilines is 1. The van der Waals surface area contributed by atoms with Crippen molar-refractivity contribution < 1.29 is 9.90 Å². The molecular formula is C11H18N4O2. The van der Waals surface area contributed by atoms with Crippen LogP contribution < -0.4 is 5.73 Å². The van der Waals surface area contributed by atoms with E-state index in [0.717, 1.165) is 0 Å². The van der Waals surface area contributed by atoms with Gasteiger partial charge in [0.05, 0.1) is 11.3 Å². The zero-order chi connectivity index (χ0) is 12.6. The van der Waals surface area contributed by atoms with Gasteiger partial charge < -0.3 is 15.7 Å². The lowest BCUT2D eigenvalue weighted by Gasteiger charge is -2.35. The smallest absolute Gasteiger partial charge is 0.276 e. The standard InChI is InChI=1S/C11H18N4O2/c1-11(17)3-5-15(6-4-11)10(16)9-8(12)7-14(2)13-9/h7,17H,3-6,12H2,1-2H3. The number of amides is 1. The highest BCUT2D eigenvalue weighted by Gasteiger charge is 2.31. The van der Waals surface area contributed by atoms with E-state index in [9.17, 15) is 9.90 Å². The van der Waals surface area contributed by atoms with E-state index in [2.05, 4.69) is 5.10 Å². The average molecular weight is 238 g/mol. The van der Waals surface area contributed by atoms with Gasteiger partial charge in [0.15, 0.2) is 5.69 Å². The van der Waals surface area contributed by atoms with Crippen molar-refractivity contribution in [3.05, 3.63) is 11.9 Å². The summed E-state index contributed by atoms with van der Waals surface area (Å²) < 4.78 is 1.53. The molecule has 1 amide bonds. The molecule has 1 fully saturated rings. The van der Waals surface area contributed by atoms with Crippen molar-refractivity contribution in [2.45, 2.75) is 25.4 Å². The van der Waals surface area contributed by atoms with Crippen LogP contribution in [0, 0.1) is 0 Å². The van der Waals surface area contributed by atoms with Crippen LogP contribution in [0.3, 0.4) is 0 Å². The minimum absolute atomic E-state index is 0.154. The molecule has 17 heavy (non-hydrogen) atoms. The number of rotatable bonds is 1. The van der Waals surface area contributed by atoms with Gasteiger partial charge in [-0.3, -0.25) is 9.48 Å². The van der Waals surface area contributed by atoms with Crippen LogP contribution in [0.2, 0.25) is 0 Å². The number of hydrogen-bond acceptors (Lipinski definition) is 4. The van der Waals surface area contributed by atoms with Crippen LogP contribution in [0.25, 0.3) is 0 Å². The minimum Gasteiger partial charge on any atom is -0.396 e. The maximum atomic E-state index is 12.1. The number of aliphatic hydroxyl groups is 1. The van der Waals surface area contributed by atoms with E-state index >= 15 is 0 Å². The van der Waals surface area contributed by atoms with Crippen molar-refractivity contribution in [1.29, 1.82) is 0 Å². The Morgan fingerprint density at radius 2 is 2.12 bits per heavy atom. The molecule has 1 aromatic rings. The Hall–Kier alpha value is -1.56. The molecule has 6 nitrogen and oxygen atoms in total. The van der Waals surface area contributed by atoms with Gasteiger partial charge in [-0.1, -0.05) is 0 Å². The topological polar surface area (TPSA) is 84.4 Å². The Labute approximate surface area is 100 Å². The molecule has 1 aliphatic rings. The largest absolute Gasteiger partial charge is 0.396 e. The molecule has 94 valence electrons. The molecule has 0 aromatic carbocycles. The number of piperidine rings is 1. The number of nitrogens with zero attached hydrogens (tertiary/aromatic N) is 3. The lowest BCUT2D eigenvalue weighted by atomic mass is 9.94. The van der Waals surface area contributed by atoms with Gasteiger partial charge in [-0.2, -0.15) is 5.10 Å². The van der Waals surface area contributed by atoms with Gasteiger partial charge in [0, 0.05) is 26.3 Å².